The van der Waals surface area contributed by atoms with Gasteiger partial charge in [0.2, 0.25) is 9.39 Å². The van der Waals surface area contributed by atoms with E-state index in [1.807, 2.05) is 0 Å². The molecule has 0 heterocycles. The van der Waals surface area contributed by atoms with Crippen LogP contribution in [-0.2, 0) is 9.59 Å². The highest BCUT2D eigenvalue weighted by molar-refractivity contribution is 9.19. The molecule has 0 aliphatic heterocycles. The van der Waals surface area contributed by atoms with Crippen molar-refractivity contribution in [2.75, 3.05) is 0 Å². The largest absolute Gasteiger partial charge is 0.286 e. The van der Waals surface area contributed by atoms with Crippen LogP contribution in [0, 0.1) is 5.41 Å². The zero-order valence-electron chi connectivity index (χ0n) is 5.07. The predicted molar refractivity (Wildman–Crippen MR) is 41.6 cm³/mol. The lowest BCUT2D eigenvalue weighted by atomic mass is 9.99. The van der Waals surface area contributed by atoms with Gasteiger partial charge in [-0.2, -0.15) is 0 Å². The van der Waals surface area contributed by atoms with Crippen LogP contribution in [0.15, 0.2) is 0 Å². The summed E-state index contributed by atoms with van der Waals surface area (Å²) in [5, 5.41) is 0. The van der Waals surface area contributed by atoms with Crippen molar-refractivity contribution in [3.05, 3.63) is 0 Å². The molecule has 0 amide bonds. The molecule has 9 heavy (non-hydrogen) atoms. The summed E-state index contributed by atoms with van der Waals surface area (Å²) in [6.45, 7) is 3.09. The molecule has 0 saturated heterocycles. The van der Waals surface area contributed by atoms with E-state index in [-0.39, 0.29) is 9.39 Å². The van der Waals surface area contributed by atoms with Crippen LogP contribution in [-0.4, -0.2) is 9.39 Å². The van der Waals surface area contributed by atoms with Crippen molar-refractivity contribution >= 4 is 41.2 Å². The van der Waals surface area contributed by atoms with Gasteiger partial charge < -0.3 is 0 Å². The minimum absolute atomic E-state index is 0.308. The normalized spacial score (nSPS) is 11.1. The fourth-order valence-electron chi connectivity index (χ4n) is 0.0773. The molecule has 0 spiro atoms. The van der Waals surface area contributed by atoms with Gasteiger partial charge in [-0.15, -0.1) is 0 Å². The highest BCUT2D eigenvalue weighted by Crippen LogP contribution is 2.23. The second-order valence-corrected chi connectivity index (χ2v) is 3.61. The number of hydrogen-bond acceptors (Lipinski definition) is 2. The molecule has 0 radical (unpaired) electrons. The molecular formula is C5H6Br2O2. The maximum atomic E-state index is 10.6. The standard InChI is InChI=1S/C5H6Br2O2/c1-5(2,3(6)8)4(7)9/h1-2H3. The van der Waals surface area contributed by atoms with Crippen LogP contribution in [0.4, 0.5) is 0 Å². The Kier molecular flexibility index (Phi) is 3.02. The van der Waals surface area contributed by atoms with E-state index in [1.165, 1.54) is 0 Å². The van der Waals surface area contributed by atoms with Gasteiger partial charge in [0.1, 0.15) is 5.41 Å². The Labute approximate surface area is 70.3 Å². The van der Waals surface area contributed by atoms with Crippen LogP contribution in [0.2, 0.25) is 0 Å². The quantitative estimate of drug-likeness (QED) is 0.559. The summed E-state index contributed by atoms with van der Waals surface area (Å²) in [5.74, 6) is 0. The van der Waals surface area contributed by atoms with Gasteiger partial charge in [-0.05, 0) is 45.7 Å². The third-order valence-corrected chi connectivity index (χ3v) is 2.97. The van der Waals surface area contributed by atoms with Crippen LogP contribution >= 0.6 is 31.9 Å². The van der Waals surface area contributed by atoms with Crippen LogP contribution in [0.1, 0.15) is 13.8 Å². The number of carbonyl (C=O) groups is 2. The van der Waals surface area contributed by atoms with E-state index in [4.69, 9.17) is 0 Å². The van der Waals surface area contributed by atoms with Crippen molar-refractivity contribution in [2.24, 2.45) is 5.41 Å². The van der Waals surface area contributed by atoms with Gasteiger partial charge in [-0.3, -0.25) is 9.59 Å². The Hall–Kier alpha value is 0.300. The van der Waals surface area contributed by atoms with E-state index in [2.05, 4.69) is 31.9 Å². The summed E-state index contributed by atoms with van der Waals surface area (Å²) >= 11 is 5.41. The van der Waals surface area contributed by atoms with Crippen molar-refractivity contribution in [1.29, 1.82) is 0 Å². The second-order valence-electron chi connectivity index (χ2n) is 2.17. The number of carbonyl (C=O) groups excluding carboxylic acids is 2. The lowest BCUT2D eigenvalue weighted by molar-refractivity contribution is -0.127. The number of hydrogen-bond donors (Lipinski definition) is 0. The Morgan fingerprint density at radius 3 is 1.33 bits per heavy atom. The lowest BCUT2D eigenvalue weighted by Crippen LogP contribution is -2.25. The summed E-state index contributed by atoms with van der Waals surface area (Å²) in [4.78, 5) is 21.1. The molecule has 0 aliphatic carbocycles. The lowest BCUT2D eigenvalue weighted by Gasteiger charge is -2.12. The van der Waals surface area contributed by atoms with Crippen molar-refractivity contribution in [3.8, 4) is 0 Å². The minimum Gasteiger partial charge on any atom is -0.286 e. The molecule has 0 aromatic heterocycles. The molecule has 0 aromatic carbocycles. The Morgan fingerprint density at radius 1 is 1.11 bits per heavy atom. The molecule has 0 fully saturated rings. The van der Waals surface area contributed by atoms with Gasteiger partial charge in [-0.25, -0.2) is 0 Å². The van der Waals surface area contributed by atoms with E-state index in [9.17, 15) is 9.59 Å². The molecule has 0 atom stereocenters. The molecule has 0 unspecified atom stereocenters. The molecule has 0 aliphatic rings. The first-order chi connectivity index (χ1) is 3.89. The SMILES string of the molecule is CC(C)(C(=O)Br)C(=O)Br. The summed E-state index contributed by atoms with van der Waals surface area (Å²) in [6.07, 6.45) is 0. The topological polar surface area (TPSA) is 34.1 Å². The summed E-state index contributed by atoms with van der Waals surface area (Å²) in [5.41, 5.74) is -0.944. The van der Waals surface area contributed by atoms with Crippen molar-refractivity contribution in [3.63, 3.8) is 0 Å². The van der Waals surface area contributed by atoms with Crippen LogP contribution < -0.4 is 0 Å². The zero-order valence-corrected chi connectivity index (χ0v) is 8.24. The summed E-state index contributed by atoms with van der Waals surface area (Å²) < 4.78 is -0.617. The average Bonchev–Trinajstić information content (AvgIpc) is 1.65. The first-order valence-corrected chi connectivity index (χ1v) is 3.87. The van der Waals surface area contributed by atoms with Gasteiger partial charge in [0.25, 0.3) is 0 Å². The van der Waals surface area contributed by atoms with E-state index in [1.54, 1.807) is 13.8 Å². The fourth-order valence-corrected chi connectivity index (χ4v) is 0.703. The van der Waals surface area contributed by atoms with E-state index < -0.39 is 5.41 Å². The molecule has 0 N–H and O–H groups in total. The predicted octanol–water partition coefficient (Wildman–Crippen LogP) is 1.86. The van der Waals surface area contributed by atoms with Crippen LogP contribution in [0.5, 0.6) is 0 Å². The molecule has 4 heteroatoms. The highest BCUT2D eigenvalue weighted by atomic mass is 79.9. The third-order valence-electron chi connectivity index (χ3n) is 0.983. The summed E-state index contributed by atoms with van der Waals surface area (Å²) in [6, 6.07) is 0. The van der Waals surface area contributed by atoms with E-state index >= 15 is 0 Å². The van der Waals surface area contributed by atoms with Crippen LogP contribution in [0.25, 0.3) is 0 Å². The highest BCUT2D eigenvalue weighted by Gasteiger charge is 2.31. The van der Waals surface area contributed by atoms with Gasteiger partial charge >= 0.3 is 0 Å². The van der Waals surface area contributed by atoms with Gasteiger partial charge in [0.15, 0.2) is 0 Å². The third kappa shape index (κ3) is 2.18. The Morgan fingerprint density at radius 2 is 1.33 bits per heavy atom. The Bertz CT molecular complexity index is 135. The molecule has 0 rings (SSSR count). The zero-order chi connectivity index (χ0) is 7.65. The van der Waals surface area contributed by atoms with Gasteiger partial charge in [0, 0.05) is 0 Å². The smallest absolute Gasteiger partial charge is 0.211 e. The number of halogens is 2. The molecule has 2 nitrogen and oxygen atoms in total. The maximum absolute atomic E-state index is 10.6. The fraction of sp³-hybridized carbons (Fsp3) is 0.600. The number of rotatable bonds is 2. The van der Waals surface area contributed by atoms with Gasteiger partial charge in [-0.1, -0.05) is 0 Å². The minimum atomic E-state index is -0.944. The Balaban J connectivity index is 4.38. The summed E-state index contributed by atoms with van der Waals surface area (Å²) in [7, 11) is 0. The van der Waals surface area contributed by atoms with Crippen molar-refractivity contribution in [2.45, 2.75) is 13.8 Å². The van der Waals surface area contributed by atoms with E-state index in [0.717, 1.165) is 0 Å². The van der Waals surface area contributed by atoms with Crippen molar-refractivity contribution in [1.82, 2.24) is 0 Å². The monoisotopic (exact) mass is 256 g/mol. The molecule has 0 bridgehead atoms. The van der Waals surface area contributed by atoms with Crippen LogP contribution in [0.3, 0.4) is 0 Å². The van der Waals surface area contributed by atoms with E-state index in [0.29, 0.717) is 0 Å². The molecular weight excluding hydrogens is 252 g/mol. The molecule has 0 aromatic rings. The second kappa shape index (κ2) is 2.92. The maximum Gasteiger partial charge on any atom is 0.211 e. The first-order valence-electron chi connectivity index (χ1n) is 2.29. The molecule has 0 saturated carbocycles. The average molecular weight is 258 g/mol. The van der Waals surface area contributed by atoms with Gasteiger partial charge in [0.05, 0.1) is 0 Å². The molecule has 52 valence electrons. The van der Waals surface area contributed by atoms with Crippen molar-refractivity contribution < 1.29 is 9.59 Å². The first kappa shape index (κ1) is 9.30.